The second-order valence-corrected chi connectivity index (χ2v) is 7.02. The quantitative estimate of drug-likeness (QED) is 0.746. The van der Waals surface area contributed by atoms with E-state index in [0.29, 0.717) is 6.04 Å². The number of halogens is 1. The number of nitrogens with one attached hydrogen (secondary N) is 1. The molecule has 1 N–H and O–H groups in total. The first-order valence-electron chi connectivity index (χ1n) is 7.70. The Morgan fingerprint density at radius 1 is 1.11 bits per heavy atom. The Labute approximate surface area is 121 Å². The molecule has 0 radical (unpaired) electrons. The molecule has 0 atom stereocenters. The first-order valence-corrected chi connectivity index (χ1v) is 8.07. The van der Waals surface area contributed by atoms with Gasteiger partial charge in [0.15, 0.2) is 0 Å². The smallest absolute Gasteiger partial charge is 0.0426 e. The van der Waals surface area contributed by atoms with Gasteiger partial charge in [0.2, 0.25) is 0 Å². The average Bonchev–Trinajstić information content (AvgIpc) is 2.85. The van der Waals surface area contributed by atoms with Gasteiger partial charge >= 0.3 is 0 Å². The zero-order valence-corrected chi connectivity index (χ0v) is 12.6. The molecule has 0 heterocycles. The van der Waals surface area contributed by atoms with Crippen molar-refractivity contribution in [3.05, 3.63) is 28.8 Å². The summed E-state index contributed by atoms with van der Waals surface area (Å²) in [4.78, 5) is 0. The van der Waals surface area contributed by atoms with Crippen molar-refractivity contribution in [2.75, 3.05) is 5.32 Å². The summed E-state index contributed by atoms with van der Waals surface area (Å²) in [6.45, 7) is 2.15. The summed E-state index contributed by atoms with van der Waals surface area (Å²) in [5.41, 5.74) is 3.24. The average molecular weight is 278 g/mol. The molecule has 2 aliphatic carbocycles. The summed E-state index contributed by atoms with van der Waals surface area (Å²) < 4.78 is 0. The number of anilines is 1. The second-order valence-electron chi connectivity index (χ2n) is 6.58. The Morgan fingerprint density at radius 3 is 2.47 bits per heavy atom. The molecule has 0 saturated heterocycles. The summed E-state index contributed by atoms with van der Waals surface area (Å²) in [5.74, 6) is 0. The Hall–Kier alpha value is -0.690. The van der Waals surface area contributed by atoms with Crippen molar-refractivity contribution in [3.8, 4) is 0 Å². The summed E-state index contributed by atoms with van der Waals surface area (Å²) in [6, 6.07) is 6.78. The molecule has 2 fully saturated rings. The Morgan fingerprint density at radius 2 is 1.79 bits per heavy atom. The van der Waals surface area contributed by atoms with E-state index < -0.39 is 0 Å². The summed E-state index contributed by atoms with van der Waals surface area (Å²) in [5, 5.41) is 4.54. The highest BCUT2D eigenvalue weighted by molar-refractivity contribution is 6.30. The molecule has 104 valence electrons. The number of rotatable bonds is 2. The van der Waals surface area contributed by atoms with Crippen LogP contribution >= 0.6 is 11.6 Å². The van der Waals surface area contributed by atoms with Gasteiger partial charge in [-0.05, 0) is 68.6 Å². The SMILES string of the molecule is Cc1ccc(Cl)cc1NC1CCC2(CCCC2)CC1. The molecule has 0 unspecified atom stereocenters. The molecule has 0 aliphatic heterocycles. The lowest BCUT2D eigenvalue weighted by Crippen LogP contribution is -2.31. The highest BCUT2D eigenvalue weighted by Crippen LogP contribution is 2.49. The van der Waals surface area contributed by atoms with Gasteiger partial charge < -0.3 is 5.32 Å². The highest BCUT2D eigenvalue weighted by Gasteiger charge is 2.37. The van der Waals surface area contributed by atoms with Crippen LogP contribution in [-0.2, 0) is 0 Å². The van der Waals surface area contributed by atoms with Gasteiger partial charge in [0.1, 0.15) is 0 Å². The molecular weight excluding hydrogens is 254 g/mol. The predicted molar refractivity (Wildman–Crippen MR) is 83.0 cm³/mol. The molecule has 1 nitrogen and oxygen atoms in total. The molecule has 2 saturated carbocycles. The van der Waals surface area contributed by atoms with Crippen LogP contribution in [0.1, 0.15) is 56.9 Å². The van der Waals surface area contributed by atoms with Gasteiger partial charge in [-0.15, -0.1) is 0 Å². The van der Waals surface area contributed by atoms with Gasteiger partial charge in [0, 0.05) is 16.8 Å². The third-order valence-corrected chi connectivity index (χ3v) is 5.50. The first-order chi connectivity index (χ1) is 9.17. The van der Waals surface area contributed by atoms with Crippen LogP contribution in [0.4, 0.5) is 5.69 Å². The Kier molecular flexibility index (Phi) is 3.75. The maximum atomic E-state index is 6.09. The molecule has 1 aromatic carbocycles. The van der Waals surface area contributed by atoms with Crippen molar-refractivity contribution in [3.63, 3.8) is 0 Å². The van der Waals surface area contributed by atoms with Crippen molar-refractivity contribution >= 4 is 17.3 Å². The van der Waals surface area contributed by atoms with Gasteiger partial charge in [-0.1, -0.05) is 30.5 Å². The van der Waals surface area contributed by atoms with Gasteiger partial charge in [0.25, 0.3) is 0 Å². The van der Waals surface area contributed by atoms with E-state index in [1.807, 2.05) is 6.07 Å². The Balaban J connectivity index is 1.61. The largest absolute Gasteiger partial charge is 0.382 e. The van der Waals surface area contributed by atoms with E-state index >= 15 is 0 Å². The number of hydrogen-bond acceptors (Lipinski definition) is 1. The first kappa shape index (κ1) is 13.3. The monoisotopic (exact) mass is 277 g/mol. The molecule has 1 aromatic rings. The normalized spacial score (nSPS) is 22.8. The van der Waals surface area contributed by atoms with Crippen LogP contribution in [0.25, 0.3) is 0 Å². The van der Waals surface area contributed by atoms with Crippen molar-refractivity contribution < 1.29 is 0 Å². The van der Waals surface area contributed by atoms with Crippen LogP contribution < -0.4 is 5.32 Å². The maximum absolute atomic E-state index is 6.09. The van der Waals surface area contributed by atoms with Crippen molar-refractivity contribution in [2.45, 2.75) is 64.3 Å². The molecular formula is C17H24ClN. The van der Waals surface area contributed by atoms with Crippen LogP contribution in [0.2, 0.25) is 5.02 Å². The fourth-order valence-electron chi connectivity index (χ4n) is 3.97. The minimum Gasteiger partial charge on any atom is -0.382 e. The minimum absolute atomic E-state index is 0.642. The molecule has 1 spiro atoms. The van der Waals surface area contributed by atoms with Crippen LogP contribution in [-0.4, -0.2) is 6.04 Å². The lowest BCUT2D eigenvalue weighted by molar-refractivity contribution is 0.188. The second kappa shape index (κ2) is 5.36. The molecule has 3 rings (SSSR count). The van der Waals surface area contributed by atoms with E-state index in [2.05, 4.69) is 24.4 Å². The van der Waals surface area contributed by atoms with Crippen LogP contribution in [0.3, 0.4) is 0 Å². The fraction of sp³-hybridized carbons (Fsp3) is 0.647. The van der Waals surface area contributed by atoms with E-state index in [1.165, 1.54) is 62.6 Å². The van der Waals surface area contributed by atoms with Gasteiger partial charge in [0.05, 0.1) is 0 Å². The summed E-state index contributed by atoms with van der Waals surface area (Å²) in [7, 11) is 0. The van der Waals surface area contributed by atoms with E-state index in [1.54, 1.807) is 0 Å². The lowest BCUT2D eigenvalue weighted by atomic mass is 9.71. The molecule has 2 heteroatoms. The van der Waals surface area contributed by atoms with Gasteiger partial charge in [-0.25, -0.2) is 0 Å². The zero-order valence-electron chi connectivity index (χ0n) is 11.8. The standard InChI is InChI=1S/C17H24ClN/c1-13-4-5-14(18)12-16(13)19-15-6-10-17(11-7-15)8-2-3-9-17/h4-5,12,15,19H,2-3,6-11H2,1H3. The molecule has 0 aromatic heterocycles. The third kappa shape index (κ3) is 2.91. The van der Waals surface area contributed by atoms with Gasteiger partial charge in [-0.3, -0.25) is 0 Å². The van der Waals surface area contributed by atoms with Crippen molar-refractivity contribution in [2.24, 2.45) is 5.41 Å². The van der Waals surface area contributed by atoms with Crippen molar-refractivity contribution in [1.82, 2.24) is 0 Å². The molecule has 0 bridgehead atoms. The lowest BCUT2D eigenvalue weighted by Gasteiger charge is -2.38. The number of aryl methyl sites for hydroxylation is 1. The number of benzene rings is 1. The van der Waals surface area contributed by atoms with Crippen LogP contribution in [0.5, 0.6) is 0 Å². The van der Waals surface area contributed by atoms with Crippen LogP contribution in [0, 0.1) is 12.3 Å². The minimum atomic E-state index is 0.642. The molecule has 0 amide bonds. The summed E-state index contributed by atoms with van der Waals surface area (Å²) >= 11 is 6.09. The Bertz CT molecular complexity index is 439. The number of hydrogen-bond donors (Lipinski definition) is 1. The van der Waals surface area contributed by atoms with E-state index in [4.69, 9.17) is 11.6 Å². The molecule has 2 aliphatic rings. The fourth-order valence-corrected chi connectivity index (χ4v) is 4.14. The van der Waals surface area contributed by atoms with Gasteiger partial charge in [-0.2, -0.15) is 0 Å². The van der Waals surface area contributed by atoms with E-state index in [0.717, 1.165) is 10.4 Å². The highest BCUT2D eigenvalue weighted by atomic mass is 35.5. The zero-order chi connectivity index (χ0) is 13.3. The predicted octanol–water partition coefficient (Wildman–Crippen LogP) is 5.56. The molecule has 19 heavy (non-hydrogen) atoms. The van der Waals surface area contributed by atoms with Crippen molar-refractivity contribution in [1.29, 1.82) is 0 Å². The summed E-state index contributed by atoms with van der Waals surface area (Å²) in [6.07, 6.45) is 11.4. The van der Waals surface area contributed by atoms with E-state index in [-0.39, 0.29) is 0 Å². The maximum Gasteiger partial charge on any atom is 0.0426 e. The van der Waals surface area contributed by atoms with Crippen LogP contribution in [0.15, 0.2) is 18.2 Å². The van der Waals surface area contributed by atoms with E-state index in [9.17, 15) is 0 Å². The third-order valence-electron chi connectivity index (χ3n) is 5.27. The topological polar surface area (TPSA) is 12.0 Å².